The molecule has 1 N–H and O–H groups in total. The quantitative estimate of drug-likeness (QED) is 0.725. The molecule has 1 aromatic carbocycles. The number of benzene rings is 1. The molecule has 2 fully saturated rings. The molecule has 1 heterocycles. The molecule has 4 nitrogen and oxygen atoms in total. The summed E-state index contributed by atoms with van der Waals surface area (Å²) in [6.45, 7) is 3.59. The van der Waals surface area contributed by atoms with Gasteiger partial charge in [0.15, 0.2) is 0 Å². The van der Waals surface area contributed by atoms with Gasteiger partial charge in [-0.05, 0) is 30.5 Å². The average molecular weight is 263 g/mol. The molecule has 0 atom stereocenters. The van der Waals surface area contributed by atoms with Crippen LogP contribution in [0.5, 0.6) is 5.75 Å². The van der Waals surface area contributed by atoms with Gasteiger partial charge in [-0.2, -0.15) is 0 Å². The molecule has 0 radical (unpaired) electrons. The lowest BCUT2D eigenvalue weighted by Gasteiger charge is -2.25. The molecule has 4 heteroatoms. The van der Waals surface area contributed by atoms with Gasteiger partial charge in [-0.3, -0.25) is 0 Å². The lowest BCUT2D eigenvalue weighted by Crippen LogP contribution is -2.37. The number of hydrogen-bond donors (Lipinski definition) is 1. The third-order valence-electron chi connectivity index (χ3n) is 3.38. The van der Waals surface area contributed by atoms with E-state index in [2.05, 4.69) is 17.4 Å². The highest BCUT2D eigenvalue weighted by molar-refractivity contribution is 5.28. The van der Waals surface area contributed by atoms with Crippen molar-refractivity contribution in [1.29, 1.82) is 0 Å². The molecule has 1 aliphatic carbocycles. The molecule has 2 aliphatic rings. The van der Waals surface area contributed by atoms with E-state index < -0.39 is 0 Å². The fourth-order valence-corrected chi connectivity index (χ4v) is 1.98. The molecule has 0 unspecified atom stereocenters. The van der Waals surface area contributed by atoms with Crippen molar-refractivity contribution in [3.63, 3.8) is 0 Å². The lowest BCUT2D eigenvalue weighted by atomic mass is 10.2. The van der Waals surface area contributed by atoms with E-state index in [1.54, 1.807) is 0 Å². The Balaban J connectivity index is 1.37. The Kier molecular flexibility index (Phi) is 4.33. The van der Waals surface area contributed by atoms with Gasteiger partial charge in [0.2, 0.25) is 0 Å². The Morgan fingerprint density at radius 2 is 2.11 bits per heavy atom. The molecule has 0 spiro atoms. The van der Waals surface area contributed by atoms with E-state index in [1.807, 2.05) is 12.1 Å². The van der Waals surface area contributed by atoms with Gasteiger partial charge in [0.25, 0.3) is 0 Å². The molecule has 19 heavy (non-hydrogen) atoms. The van der Waals surface area contributed by atoms with E-state index in [0.29, 0.717) is 13.2 Å². The van der Waals surface area contributed by atoms with Crippen molar-refractivity contribution >= 4 is 0 Å². The summed E-state index contributed by atoms with van der Waals surface area (Å²) < 4.78 is 16.3. The second kappa shape index (κ2) is 6.37. The highest BCUT2D eigenvalue weighted by Gasteiger charge is 2.20. The Hall–Kier alpha value is -1.10. The molecule has 0 bridgehead atoms. The molecule has 3 rings (SSSR count). The van der Waals surface area contributed by atoms with Gasteiger partial charge in [0.05, 0.1) is 19.8 Å². The van der Waals surface area contributed by atoms with Gasteiger partial charge in [-0.25, -0.2) is 0 Å². The van der Waals surface area contributed by atoms with Gasteiger partial charge in [-0.1, -0.05) is 12.1 Å². The Bertz CT molecular complexity index is 402. The van der Waals surface area contributed by atoms with Crippen LogP contribution in [-0.2, 0) is 16.0 Å². The van der Waals surface area contributed by atoms with Crippen molar-refractivity contribution in [1.82, 2.24) is 5.32 Å². The molecule has 1 aromatic rings. The minimum Gasteiger partial charge on any atom is -0.491 e. The van der Waals surface area contributed by atoms with E-state index in [4.69, 9.17) is 14.2 Å². The Labute approximate surface area is 114 Å². The van der Waals surface area contributed by atoms with Crippen molar-refractivity contribution in [3.8, 4) is 5.75 Å². The zero-order chi connectivity index (χ0) is 12.9. The summed E-state index contributed by atoms with van der Waals surface area (Å²) in [6.07, 6.45) is 2.91. The van der Waals surface area contributed by atoms with Crippen molar-refractivity contribution in [2.45, 2.75) is 31.5 Å². The predicted molar refractivity (Wildman–Crippen MR) is 72.4 cm³/mol. The molecule has 0 aromatic heterocycles. The second-order valence-electron chi connectivity index (χ2n) is 5.18. The van der Waals surface area contributed by atoms with E-state index in [9.17, 15) is 0 Å². The summed E-state index contributed by atoms with van der Waals surface area (Å²) >= 11 is 0. The maximum atomic E-state index is 5.69. The van der Waals surface area contributed by atoms with Crippen LogP contribution in [0.3, 0.4) is 0 Å². The second-order valence-corrected chi connectivity index (χ2v) is 5.18. The predicted octanol–water partition coefficient (Wildman–Crippen LogP) is 1.73. The summed E-state index contributed by atoms with van der Waals surface area (Å²) in [5.41, 5.74) is 1.28. The van der Waals surface area contributed by atoms with E-state index in [-0.39, 0.29) is 6.10 Å². The van der Waals surface area contributed by atoms with Crippen LogP contribution in [0.1, 0.15) is 18.4 Å². The van der Waals surface area contributed by atoms with Crippen LogP contribution < -0.4 is 10.1 Å². The maximum Gasteiger partial charge on any atom is 0.119 e. The lowest BCUT2D eigenvalue weighted by molar-refractivity contribution is -0.132. The Morgan fingerprint density at radius 1 is 1.21 bits per heavy atom. The van der Waals surface area contributed by atoms with Crippen LogP contribution in [0.2, 0.25) is 0 Å². The van der Waals surface area contributed by atoms with E-state index in [0.717, 1.165) is 31.5 Å². The molecule has 104 valence electrons. The topological polar surface area (TPSA) is 39.7 Å². The molecule has 1 saturated carbocycles. The summed E-state index contributed by atoms with van der Waals surface area (Å²) in [4.78, 5) is 0. The van der Waals surface area contributed by atoms with Crippen LogP contribution in [0.15, 0.2) is 24.3 Å². The summed E-state index contributed by atoms with van der Waals surface area (Å²) in [5, 5.41) is 3.50. The van der Waals surface area contributed by atoms with Crippen LogP contribution in [-0.4, -0.2) is 38.6 Å². The molecule has 0 amide bonds. The van der Waals surface area contributed by atoms with Crippen molar-refractivity contribution in [2.24, 2.45) is 0 Å². The first-order valence-electron chi connectivity index (χ1n) is 7.04. The first-order chi connectivity index (χ1) is 9.40. The maximum absolute atomic E-state index is 5.69. The van der Waals surface area contributed by atoms with Gasteiger partial charge >= 0.3 is 0 Å². The minimum atomic E-state index is 0.276. The molecule has 1 aliphatic heterocycles. The fraction of sp³-hybridized carbons (Fsp3) is 0.600. The summed E-state index contributed by atoms with van der Waals surface area (Å²) in [6, 6.07) is 9.00. The van der Waals surface area contributed by atoms with Crippen molar-refractivity contribution in [2.75, 3.05) is 26.4 Å². The van der Waals surface area contributed by atoms with Crippen LogP contribution in [0.4, 0.5) is 0 Å². The zero-order valence-corrected chi connectivity index (χ0v) is 11.1. The van der Waals surface area contributed by atoms with Crippen LogP contribution >= 0.6 is 0 Å². The number of nitrogens with one attached hydrogen (secondary N) is 1. The highest BCUT2D eigenvalue weighted by Crippen LogP contribution is 2.20. The van der Waals surface area contributed by atoms with Gasteiger partial charge in [0, 0.05) is 12.6 Å². The molecular weight excluding hydrogens is 242 g/mol. The molecular formula is C15H21NO3. The van der Waals surface area contributed by atoms with Gasteiger partial charge in [-0.15, -0.1) is 0 Å². The first-order valence-corrected chi connectivity index (χ1v) is 7.04. The molecule has 1 saturated heterocycles. The van der Waals surface area contributed by atoms with Crippen molar-refractivity contribution in [3.05, 3.63) is 29.8 Å². The SMILES string of the molecule is c1cc(CNC2CC2)cc(OCCOC2COC2)c1. The average Bonchev–Trinajstić information content (AvgIpc) is 3.18. The standard InChI is InChI=1S/C15H21NO3/c1-2-12(9-16-13-4-5-13)8-14(3-1)18-6-7-19-15-10-17-11-15/h1-3,8,13,15-16H,4-7,9-11H2. The Morgan fingerprint density at radius 3 is 2.84 bits per heavy atom. The minimum absolute atomic E-state index is 0.276. The summed E-state index contributed by atoms with van der Waals surface area (Å²) in [7, 11) is 0. The third-order valence-corrected chi connectivity index (χ3v) is 3.38. The van der Waals surface area contributed by atoms with E-state index >= 15 is 0 Å². The largest absolute Gasteiger partial charge is 0.491 e. The van der Waals surface area contributed by atoms with E-state index in [1.165, 1.54) is 18.4 Å². The van der Waals surface area contributed by atoms with Crippen LogP contribution in [0.25, 0.3) is 0 Å². The zero-order valence-electron chi connectivity index (χ0n) is 11.1. The monoisotopic (exact) mass is 263 g/mol. The number of hydrogen-bond acceptors (Lipinski definition) is 4. The number of rotatable bonds is 8. The van der Waals surface area contributed by atoms with Crippen molar-refractivity contribution < 1.29 is 14.2 Å². The third kappa shape index (κ3) is 4.20. The first kappa shape index (κ1) is 12.9. The normalized spacial score (nSPS) is 19.2. The van der Waals surface area contributed by atoms with Gasteiger partial charge in [0.1, 0.15) is 18.5 Å². The number of ether oxygens (including phenoxy) is 3. The van der Waals surface area contributed by atoms with Crippen LogP contribution in [0, 0.1) is 0 Å². The fourth-order valence-electron chi connectivity index (χ4n) is 1.98. The van der Waals surface area contributed by atoms with Gasteiger partial charge < -0.3 is 19.5 Å². The summed E-state index contributed by atoms with van der Waals surface area (Å²) in [5.74, 6) is 0.920. The highest BCUT2D eigenvalue weighted by atomic mass is 16.6. The smallest absolute Gasteiger partial charge is 0.119 e.